The Hall–Kier alpha value is -0.650. The molecule has 1 atom stereocenters. The highest BCUT2D eigenvalue weighted by Crippen LogP contribution is 2.12. The van der Waals surface area contributed by atoms with Crippen LogP contribution in [0.1, 0.15) is 6.42 Å². The van der Waals surface area contributed by atoms with Crippen LogP contribution in [-0.2, 0) is 9.53 Å². The molecular formula is C11H21N3O2. The van der Waals surface area contributed by atoms with Gasteiger partial charge in [0, 0.05) is 52.5 Å². The number of nitrogens with zero attached hydrogens (tertiary/aromatic N) is 2. The van der Waals surface area contributed by atoms with Crippen molar-refractivity contribution in [3.63, 3.8) is 0 Å². The van der Waals surface area contributed by atoms with Gasteiger partial charge in [-0.1, -0.05) is 0 Å². The summed E-state index contributed by atoms with van der Waals surface area (Å²) in [6, 6.07) is 0.508. The van der Waals surface area contributed by atoms with Gasteiger partial charge < -0.3 is 15.0 Å². The zero-order valence-electron chi connectivity index (χ0n) is 9.95. The van der Waals surface area contributed by atoms with Crippen LogP contribution in [0.2, 0.25) is 0 Å². The molecule has 2 heterocycles. The van der Waals surface area contributed by atoms with Crippen LogP contribution in [0.3, 0.4) is 0 Å². The lowest BCUT2D eigenvalue weighted by molar-refractivity contribution is -0.139. The number of hydrogen-bond donors (Lipinski definition) is 1. The summed E-state index contributed by atoms with van der Waals surface area (Å²) in [5.41, 5.74) is 0. The van der Waals surface area contributed by atoms with E-state index >= 15 is 0 Å². The zero-order chi connectivity index (χ0) is 11.4. The molecule has 2 saturated heterocycles. The molecule has 0 radical (unpaired) electrons. The minimum Gasteiger partial charge on any atom is -0.385 e. The maximum Gasteiger partial charge on any atom is 0.236 e. The van der Waals surface area contributed by atoms with Crippen molar-refractivity contribution in [3.8, 4) is 0 Å². The molecule has 0 aromatic rings. The summed E-state index contributed by atoms with van der Waals surface area (Å²) in [6.45, 7) is 6.05. The van der Waals surface area contributed by atoms with E-state index in [1.807, 2.05) is 4.90 Å². The lowest BCUT2D eigenvalue weighted by Crippen LogP contribution is -2.63. The van der Waals surface area contributed by atoms with Crippen molar-refractivity contribution in [1.82, 2.24) is 15.1 Å². The van der Waals surface area contributed by atoms with Crippen LogP contribution in [0, 0.1) is 0 Å². The van der Waals surface area contributed by atoms with E-state index in [0.717, 1.165) is 45.8 Å². The second-order valence-electron chi connectivity index (χ2n) is 4.51. The fourth-order valence-corrected chi connectivity index (χ4v) is 2.44. The molecule has 2 aliphatic heterocycles. The standard InChI is InChI=1S/C11H21N3O2/c1-16-6-2-4-14-8-10-7-12-3-5-13(10)9-11(14)15/h10,12H,2-9H2,1H3. The SMILES string of the molecule is COCCCN1CC2CNCCN2CC1=O. The topological polar surface area (TPSA) is 44.8 Å². The molecule has 2 aliphatic rings. The average Bonchev–Trinajstić information content (AvgIpc) is 2.30. The first-order chi connectivity index (χ1) is 7.81. The molecule has 0 bridgehead atoms. The summed E-state index contributed by atoms with van der Waals surface area (Å²) >= 11 is 0. The van der Waals surface area contributed by atoms with Crippen LogP contribution >= 0.6 is 0 Å². The Labute approximate surface area is 96.7 Å². The molecule has 16 heavy (non-hydrogen) atoms. The number of rotatable bonds is 4. The molecule has 1 unspecified atom stereocenters. The summed E-state index contributed by atoms with van der Waals surface area (Å²) in [5.74, 6) is 0.272. The normalized spacial score (nSPS) is 26.9. The summed E-state index contributed by atoms with van der Waals surface area (Å²) < 4.78 is 5.01. The minimum absolute atomic E-state index is 0.272. The summed E-state index contributed by atoms with van der Waals surface area (Å²) in [4.78, 5) is 16.1. The molecule has 5 heteroatoms. The van der Waals surface area contributed by atoms with E-state index in [1.165, 1.54) is 0 Å². The first-order valence-corrected chi connectivity index (χ1v) is 6.02. The number of fused-ring (bicyclic) bond motifs is 1. The highest BCUT2D eigenvalue weighted by atomic mass is 16.5. The van der Waals surface area contributed by atoms with E-state index in [2.05, 4.69) is 10.2 Å². The van der Waals surface area contributed by atoms with Crippen LogP contribution in [0.4, 0.5) is 0 Å². The Morgan fingerprint density at radius 1 is 1.56 bits per heavy atom. The van der Waals surface area contributed by atoms with E-state index in [9.17, 15) is 4.79 Å². The summed E-state index contributed by atoms with van der Waals surface area (Å²) in [7, 11) is 1.70. The van der Waals surface area contributed by atoms with Crippen molar-refractivity contribution in [2.75, 3.05) is 53.0 Å². The van der Waals surface area contributed by atoms with E-state index in [1.54, 1.807) is 7.11 Å². The number of piperazine rings is 2. The van der Waals surface area contributed by atoms with Gasteiger partial charge in [-0.15, -0.1) is 0 Å². The van der Waals surface area contributed by atoms with Crippen molar-refractivity contribution in [1.29, 1.82) is 0 Å². The van der Waals surface area contributed by atoms with Crippen molar-refractivity contribution in [2.45, 2.75) is 12.5 Å². The van der Waals surface area contributed by atoms with E-state index in [4.69, 9.17) is 4.74 Å². The number of nitrogens with one attached hydrogen (secondary N) is 1. The van der Waals surface area contributed by atoms with Crippen molar-refractivity contribution >= 4 is 5.91 Å². The summed E-state index contributed by atoms with van der Waals surface area (Å²) in [6.07, 6.45) is 0.933. The third-order valence-electron chi connectivity index (χ3n) is 3.37. The number of amides is 1. The van der Waals surface area contributed by atoms with Gasteiger partial charge in [0.05, 0.1) is 6.54 Å². The molecule has 0 aliphatic carbocycles. The Morgan fingerprint density at radius 2 is 2.44 bits per heavy atom. The van der Waals surface area contributed by atoms with Crippen LogP contribution in [0.5, 0.6) is 0 Å². The number of ether oxygens (including phenoxy) is 1. The van der Waals surface area contributed by atoms with Crippen molar-refractivity contribution < 1.29 is 9.53 Å². The highest BCUT2D eigenvalue weighted by molar-refractivity contribution is 5.79. The molecule has 1 amide bonds. The third kappa shape index (κ3) is 2.72. The molecule has 2 fully saturated rings. The smallest absolute Gasteiger partial charge is 0.236 e. The molecule has 0 spiro atoms. The third-order valence-corrected chi connectivity index (χ3v) is 3.37. The Bertz CT molecular complexity index is 247. The first kappa shape index (κ1) is 11.8. The molecule has 0 saturated carbocycles. The molecule has 2 rings (SSSR count). The average molecular weight is 227 g/mol. The van der Waals surface area contributed by atoms with Gasteiger partial charge in [0.2, 0.25) is 5.91 Å². The van der Waals surface area contributed by atoms with Crippen molar-refractivity contribution in [3.05, 3.63) is 0 Å². The van der Waals surface area contributed by atoms with Gasteiger partial charge >= 0.3 is 0 Å². The van der Waals surface area contributed by atoms with Crippen LogP contribution in [0.15, 0.2) is 0 Å². The number of hydrogen-bond acceptors (Lipinski definition) is 4. The lowest BCUT2D eigenvalue weighted by atomic mass is 10.1. The monoisotopic (exact) mass is 227 g/mol. The maximum atomic E-state index is 11.9. The Morgan fingerprint density at radius 3 is 3.25 bits per heavy atom. The van der Waals surface area contributed by atoms with Gasteiger partial charge in [0.25, 0.3) is 0 Å². The molecular weight excluding hydrogens is 206 g/mol. The molecule has 0 aromatic heterocycles. The number of carbonyl (C=O) groups excluding carboxylic acids is 1. The Balaban J connectivity index is 1.83. The van der Waals surface area contributed by atoms with Gasteiger partial charge in [0.1, 0.15) is 0 Å². The van der Waals surface area contributed by atoms with Gasteiger partial charge in [-0.05, 0) is 6.42 Å². The largest absolute Gasteiger partial charge is 0.385 e. The predicted molar refractivity (Wildman–Crippen MR) is 61.3 cm³/mol. The van der Waals surface area contributed by atoms with E-state index < -0.39 is 0 Å². The molecule has 1 N–H and O–H groups in total. The minimum atomic E-state index is 0.272. The molecule has 5 nitrogen and oxygen atoms in total. The molecule has 0 aromatic carbocycles. The van der Waals surface area contributed by atoms with Crippen LogP contribution in [-0.4, -0.2) is 74.7 Å². The zero-order valence-corrected chi connectivity index (χ0v) is 9.95. The summed E-state index contributed by atoms with van der Waals surface area (Å²) in [5, 5.41) is 3.38. The lowest BCUT2D eigenvalue weighted by Gasteiger charge is -2.43. The molecule has 92 valence electrons. The highest BCUT2D eigenvalue weighted by Gasteiger charge is 2.32. The van der Waals surface area contributed by atoms with Gasteiger partial charge in [0.15, 0.2) is 0 Å². The first-order valence-electron chi connectivity index (χ1n) is 6.02. The number of methoxy groups -OCH3 is 1. The quantitative estimate of drug-likeness (QED) is 0.635. The van der Waals surface area contributed by atoms with Gasteiger partial charge in [-0.3, -0.25) is 9.69 Å². The second-order valence-corrected chi connectivity index (χ2v) is 4.51. The van der Waals surface area contributed by atoms with Gasteiger partial charge in [-0.25, -0.2) is 0 Å². The van der Waals surface area contributed by atoms with Gasteiger partial charge in [-0.2, -0.15) is 0 Å². The van der Waals surface area contributed by atoms with E-state index in [0.29, 0.717) is 12.6 Å². The predicted octanol–water partition coefficient (Wildman–Crippen LogP) is -0.861. The number of carbonyl (C=O) groups is 1. The fraction of sp³-hybridized carbons (Fsp3) is 0.909. The van der Waals surface area contributed by atoms with Crippen LogP contribution in [0.25, 0.3) is 0 Å². The fourth-order valence-electron chi connectivity index (χ4n) is 2.44. The maximum absolute atomic E-state index is 11.9. The van der Waals surface area contributed by atoms with E-state index in [-0.39, 0.29) is 5.91 Å². The Kier molecular flexibility index (Phi) is 4.15. The second kappa shape index (κ2) is 5.61. The van der Waals surface area contributed by atoms with Crippen molar-refractivity contribution in [2.24, 2.45) is 0 Å². The van der Waals surface area contributed by atoms with Crippen LogP contribution < -0.4 is 5.32 Å².